The Bertz CT molecular complexity index is 511. The Kier molecular flexibility index (Phi) is 8.25. The topological polar surface area (TPSA) is 64.4 Å². The molecule has 0 aliphatic carbocycles. The summed E-state index contributed by atoms with van der Waals surface area (Å²) in [6.45, 7) is -1.83. The lowest BCUT2D eigenvalue weighted by Gasteiger charge is -2.24. The minimum atomic E-state index is -4.88. The second kappa shape index (κ2) is 8.88. The quantitative estimate of drug-likeness (QED) is 0.764. The number of nitrogens with two attached hydrogens (primary N) is 1. The second-order valence-electron chi connectivity index (χ2n) is 4.64. The van der Waals surface area contributed by atoms with E-state index < -0.39 is 42.1 Å². The first kappa shape index (κ1) is 21.4. The van der Waals surface area contributed by atoms with Crippen LogP contribution >= 0.6 is 12.4 Å². The number of hydrogen-bond acceptors (Lipinski definition) is 3. The number of nitrogens with one attached hydrogen (secondary N) is 1. The summed E-state index contributed by atoms with van der Waals surface area (Å²) >= 11 is 0. The van der Waals surface area contributed by atoms with Crippen molar-refractivity contribution in [2.24, 2.45) is 5.73 Å². The smallest absolute Gasteiger partial charge is 0.413 e. The number of benzene rings is 1. The average molecular weight is 363 g/mol. The van der Waals surface area contributed by atoms with E-state index in [-0.39, 0.29) is 18.8 Å². The molecule has 4 nitrogen and oxygen atoms in total. The van der Waals surface area contributed by atoms with Crippen LogP contribution in [0.1, 0.15) is 24.9 Å². The summed E-state index contributed by atoms with van der Waals surface area (Å²) in [6, 6.07) is 1.30. The Hall–Kier alpha value is -1.61. The zero-order valence-corrected chi connectivity index (χ0v) is 12.8. The highest BCUT2D eigenvalue weighted by molar-refractivity contribution is 5.85. The summed E-state index contributed by atoms with van der Waals surface area (Å²) in [4.78, 5) is 11.5. The molecule has 0 spiro atoms. The minimum absolute atomic E-state index is 0. The minimum Gasteiger partial charge on any atom is -0.434 e. The first-order valence-corrected chi connectivity index (χ1v) is 6.26. The van der Waals surface area contributed by atoms with Gasteiger partial charge in [0.05, 0.1) is 0 Å². The number of rotatable bonds is 6. The van der Waals surface area contributed by atoms with Crippen LogP contribution in [0.15, 0.2) is 24.3 Å². The van der Waals surface area contributed by atoms with Crippen LogP contribution in [0.4, 0.5) is 22.0 Å². The van der Waals surface area contributed by atoms with Crippen molar-refractivity contribution in [3.05, 3.63) is 29.8 Å². The maximum absolute atomic E-state index is 13.1. The monoisotopic (exact) mass is 362 g/mol. The fourth-order valence-corrected chi connectivity index (χ4v) is 1.77. The Morgan fingerprint density at radius 2 is 1.87 bits per heavy atom. The summed E-state index contributed by atoms with van der Waals surface area (Å²) in [5, 5.41) is 1.75. The summed E-state index contributed by atoms with van der Waals surface area (Å²) in [6.07, 6.45) is -5.21. The normalized spacial score (nSPS) is 13.9. The van der Waals surface area contributed by atoms with E-state index in [0.29, 0.717) is 0 Å². The molecule has 1 aromatic carbocycles. The maximum Gasteiger partial charge on any atom is 0.413 e. The van der Waals surface area contributed by atoms with Gasteiger partial charge in [-0.25, -0.2) is 0 Å². The van der Waals surface area contributed by atoms with Crippen molar-refractivity contribution in [2.75, 3.05) is 0 Å². The molecule has 10 heteroatoms. The van der Waals surface area contributed by atoms with E-state index in [0.717, 1.165) is 12.1 Å². The van der Waals surface area contributed by atoms with Gasteiger partial charge in [-0.05, 0) is 13.0 Å². The Labute approximate surface area is 135 Å². The molecular weight excluding hydrogens is 347 g/mol. The molecule has 2 atom stereocenters. The van der Waals surface area contributed by atoms with Gasteiger partial charge in [0, 0.05) is 18.0 Å². The van der Waals surface area contributed by atoms with E-state index in [1.165, 1.54) is 19.1 Å². The molecule has 1 rings (SSSR count). The van der Waals surface area contributed by atoms with Crippen molar-refractivity contribution in [1.82, 2.24) is 5.32 Å². The molecule has 0 fully saturated rings. The number of ether oxygens (including phenoxy) is 1. The van der Waals surface area contributed by atoms with Crippen LogP contribution in [0.2, 0.25) is 0 Å². The predicted octanol–water partition coefficient (Wildman–Crippen LogP) is 3.17. The van der Waals surface area contributed by atoms with E-state index in [9.17, 15) is 26.7 Å². The molecule has 0 saturated heterocycles. The molecular formula is C13H16ClF5N2O2. The molecule has 132 valence electrons. The van der Waals surface area contributed by atoms with Crippen LogP contribution in [-0.4, -0.2) is 24.7 Å². The lowest BCUT2D eigenvalue weighted by molar-refractivity contribution is -0.164. The fraction of sp³-hybridized carbons (Fsp3) is 0.462. The molecule has 23 heavy (non-hydrogen) atoms. The fourth-order valence-electron chi connectivity index (χ4n) is 1.77. The molecule has 1 aromatic rings. The van der Waals surface area contributed by atoms with Crippen molar-refractivity contribution in [3.63, 3.8) is 0 Å². The highest BCUT2D eigenvalue weighted by Crippen LogP contribution is 2.37. The molecule has 0 heterocycles. The van der Waals surface area contributed by atoms with Crippen molar-refractivity contribution >= 4 is 18.3 Å². The van der Waals surface area contributed by atoms with Crippen molar-refractivity contribution in [2.45, 2.75) is 38.2 Å². The Balaban J connectivity index is 0.00000484. The van der Waals surface area contributed by atoms with Crippen molar-refractivity contribution in [1.29, 1.82) is 0 Å². The van der Waals surface area contributed by atoms with Gasteiger partial charge in [0.2, 0.25) is 5.91 Å². The summed E-state index contributed by atoms with van der Waals surface area (Å²) in [5.41, 5.74) is 4.74. The number of carbonyl (C=O) groups is 1. The van der Waals surface area contributed by atoms with Crippen LogP contribution in [0.25, 0.3) is 0 Å². The number of amides is 1. The molecule has 0 aromatic heterocycles. The molecule has 2 unspecified atom stereocenters. The van der Waals surface area contributed by atoms with Gasteiger partial charge in [-0.15, -0.1) is 12.4 Å². The van der Waals surface area contributed by atoms with Crippen LogP contribution in [0.3, 0.4) is 0 Å². The lowest BCUT2D eigenvalue weighted by Crippen LogP contribution is -2.40. The summed E-state index contributed by atoms with van der Waals surface area (Å²) < 4.78 is 68.0. The Morgan fingerprint density at radius 1 is 1.30 bits per heavy atom. The summed E-state index contributed by atoms with van der Waals surface area (Å²) in [7, 11) is 0. The van der Waals surface area contributed by atoms with Crippen molar-refractivity contribution in [3.8, 4) is 5.75 Å². The highest BCUT2D eigenvalue weighted by Gasteiger charge is 2.43. The molecule has 3 N–H and O–H groups in total. The molecule has 0 bridgehead atoms. The molecule has 0 saturated carbocycles. The molecule has 0 radical (unpaired) electrons. The van der Waals surface area contributed by atoms with E-state index in [1.807, 2.05) is 0 Å². The molecule has 0 aliphatic rings. The van der Waals surface area contributed by atoms with Crippen LogP contribution in [0.5, 0.6) is 5.75 Å². The average Bonchev–Trinajstić information content (AvgIpc) is 2.34. The zero-order chi connectivity index (χ0) is 16.9. The van der Waals surface area contributed by atoms with Crippen molar-refractivity contribution < 1.29 is 31.5 Å². The van der Waals surface area contributed by atoms with Gasteiger partial charge in [0.1, 0.15) is 5.75 Å². The lowest BCUT2D eigenvalue weighted by atomic mass is 10.0. The largest absolute Gasteiger partial charge is 0.434 e. The molecule has 0 aliphatic heterocycles. The number of hydrogen-bond donors (Lipinski definition) is 2. The van der Waals surface area contributed by atoms with E-state index in [1.54, 1.807) is 5.32 Å². The third-order valence-electron chi connectivity index (χ3n) is 2.59. The van der Waals surface area contributed by atoms with E-state index in [4.69, 9.17) is 5.73 Å². The van der Waals surface area contributed by atoms with Gasteiger partial charge in [-0.3, -0.25) is 4.79 Å². The number of halogens is 6. The van der Waals surface area contributed by atoms with Crippen LogP contribution in [0, 0.1) is 0 Å². The van der Waals surface area contributed by atoms with Gasteiger partial charge in [0.15, 0.2) is 6.04 Å². The molecule has 1 amide bonds. The third-order valence-corrected chi connectivity index (χ3v) is 2.59. The first-order valence-electron chi connectivity index (χ1n) is 6.26. The predicted molar refractivity (Wildman–Crippen MR) is 75.5 cm³/mol. The zero-order valence-electron chi connectivity index (χ0n) is 11.9. The number of alkyl halides is 5. The van der Waals surface area contributed by atoms with Crippen LogP contribution in [-0.2, 0) is 4.79 Å². The van der Waals surface area contributed by atoms with E-state index in [2.05, 4.69) is 4.74 Å². The van der Waals surface area contributed by atoms with Gasteiger partial charge in [-0.1, -0.05) is 18.2 Å². The van der Waals surface area contributed by atoms with Gasteiger partial charge in [0.25, 0.3) is 0 Å². The maximum atomic E-state index is 13.1. The Morgan fingerprint density at radius 3 is 2.35 bits per heavy atom. The van der Waals surface area contributed by atoms with E-state index >= 15 is 0 Å². The first-order chi connectivity index (χ1) is 10.1. The highest BCUT2D eigenvalue weighted by atomic mass is 35.5. The standard InChI is InChI=1S/C13H15F5N2O2.ClH/c1-7(19)6-10(21)20-11(13(16,17)18)8-4-2-3-5-9(8)22-12(14)15;/h2-5,7,11-12H,6,19H2,1H3,(H,20,21);1H. The SMILES string of the molecule is CC(N)CC(=O)NC(c1ccccc1OC(F)F)C(F)(F)F.Cl. The number of para-hydroxylation sites is 1. The van der Waals surface area contributed by atoms with Gasteiger partial charge < -0.3 is 15.8 Å². The van der Waals surface area contributed by atoms with Gasteiger partial charge in [-0.2, -0.15) is 22.0 Å². The second-order valence-corrected chi connectivity index (χ2v) is 4.64. The van der Waals surface area contributed by atoms with Gasteiger partial charge >= 0.3 is 12.8 Å². The van der Waals surface area contributed by atoms with Crippen LogP contribution < -0.4 is 15.8 Å². The summed E-state index contributed by atoms with van der Waals surface area (Å²) in [5.74, 6) is -1.59. The number of carbonyl (C=O) groups excluding carboxylic acids is 1. The third kappa shape index (κ3) is 7.00.